The summed E-state index contributed by atoms with van der Waals surface area (Å²) in [4.78, 5) is 35.2. The Bertz CT molecular complexity index is 820. The number of likely N-dealkylation sites (N-methyl/N-ethyl adjacent to an activating group) is 1. The van der Waals surface area contributed by atoms with E-state index in [-0.39, 0.29) is 5.91 Å². The fourth-order valence-electron chi connectivity index (χ4n) is 2.99. The molecule has 0 unspecified atom stereocenters. The van der Waals surface area contributed by atoms with Gasteiger partial charge in [0.05, 0.1) is 5.69 Å². The summed E-state index contributed by atoms with van der Waals surface area (Å²) in [7, 11) is 2.04. The zero-order valence-electron chi connectivity index (χ0n) is 14.3. The normalized spacial score (nSPS) is 15.5. The summed E-state index contributed by atoms with van der Waals surface area (Å²) in [6.07, 6.45) is 0. The van der Waals surface area contributed by atoms with Crippen molar-refractivity contribution in [1.29, 1.82) is 0 Å². The van der Waals surface area contributed by atoms with Gasteiger partial charge in [0.25, 0.3) is 5.91 Å². The van der Waals surface area contributed by atoms with Crippen LogP contribution in [0.5, 0.6) is 0 Å². The summed E-state index contributed by atoms with van der Waals surface area (Å²) in [5.74, 6) is -0.145. The molecular formula is C18H22N4O2. The van der Waals surface area contributed by atoms with E-state index in [4.69, 9.17) is 0 Å². The number of nitrogens with one attached hydrogen (secondary N) is 1. The molecule has 1 aliphatic heterocycles. The maximum absolute atomic E-state index is 12.7. The lowest BCUT2D eigenvalue weighted by molar-refractivity contribution is 0.0657. The van der Waals surface area contributed by atoms with Crippen LogP contribution in [-0.4, -0.2) is 58.9 Å². The Morgan fingerprint density at radius 1 is 1.12 bits per heavy atom. The molecule has 1 amide bonds. The molecule has 2 aromatic rings. The number of rotatable bonds is 2. The van der Waals surface area contributed by atoms with Crippen LogP contribution in [0.3, 0.4) is 0 Å². The summed E-state index contributed by atoms with van der Waals surface area (Å²) < 4.78 is 0. The highest BCUT2D eigenvalue weighted by Gasteiger charge is 2.22. The van der Waals surface area contributed by atoms with Gasteiger partial charge in [-0.2, -0.15) is 4.98 Å². The van der Waals surface area contributed by atoms with Gasteiger partial charge in [0.2, 0.25) is 0 Å². The molecule has 24 heavy (non-hydrogen) atoms. The van der Waals surface area contributed by atoms with Gasteiger partial charge in [-0.15, -0.1) is 0 Å². The van der Waals surface area contributed by atoms with E-state index >= 15 is 0 Å². The molecule has 2 heterocycles. The summed E-state index contributed by atoms with van der Waals surface area (Å²) in [6.45, 7) is 7.00. The van der Waals surface area contributed by atoms with E-state index in [0.29, 0.717) is 24.5 Å². The van der Waals surface area contributed by atoms with Crippen molar-refractivity contribution in [3.05, 3.63) is 51.6 Å². The number of carbonyl (C=O) groups excluding carboxylic acids is 1. The number of hydrogen-bond acceptors (Lipinski definition) is 4. The minimum Gasteiger partial charge on any atom is -0.335 e. The molecule has 3 rings (SSSR count). The molecule has 1 saturated heterocycles. The lowest BCUT2D eigenvalue weighted by Crippen LogP contribution is -2.47. The zero-order chi connectivity index (χ0) is 17.3. The van der Waals surface area contributed by atoms with Crippen molar-refractivity contribution >= 4 is 5.91 Å². The Morgan fingerprint density at radius 2 is 1.83 bits per heavy atom. The van der Waals surface area contributed by atoms with Crippen molar-refractivity contribution in [1.82, 2.24) is 19.8 Å². The third-order valence-electron chi connectivity index (χ3n) is 4.42. The Labute approximate surface area is 141 Å². The summed E-state index contributed by atoms with van der Waals surface area (Å²) in [5, 5.41) is 0. The first-order valence-corrected chi connectivity index (χ1v) is 8.11. The Hall–Kier alpha value is -2.47. The second-order valence-electron chi connectivity index (χ2n) is 6.40. The maximum Gasteiger partial charge on any atom is 0.346 e. The van der Waals surface area contributed by atoms with Crippen LogP contribution in [0.4, 0.5) is 0 Å². The van der Waals surface area contributed by atoms with Gasteiger partial charge in [0.1, 0.15) is 5.69 Å². The molecule has 0 aliphatic carbocycles. The van der Waals surface area contributed by atoms with Crippen LogP contribution in [0.2, 0.25) is 0 Å². The summed E-state index contributed by atoms with van der Waals surface area (Å²) in [6, 6.07) is 7.64. The molecule has 126 valence electrons. The predicted octanol–water partition coefficient (Wildman–Crippen LogP) is 1.44. The number of hydrogen-bond donors (Lipinski definition) is 1. The smallest absolute Gasteiger partial charge is 0.335 e. The van der Waals surface area contributed by atoms with Crippen molar-refractivity contribution in [2.24, 2.45) is 0 Å². The van der Waals surface area contributed by atoms with Crippen LogP contribution in [0, 0.1) is 13.8 Å². The number of aryl methyl sites for hydroxylation is 2. The molecule has 1 N–H and O–H groups in total. The van der Waals surface area contributed by atoms with E-state index in [0.717, 1.165) is 29.8 Å². The average molecular weight is 326 g/mol. The molecule has 0 saturated carbocycles. The molecule has 1 aliphatic rings. The van der Waals surface area contributed by atoms with Crippen LogP contribution in [-0.2, 0) is 0 Å². The molecule has 0 atom stereocenters. The first-order chi connectivity index (χ1) is 11.4. The van der Waals surface area contributed by atoms with E-state index < -0.39 is 5.69 Å². The Morgan fingerprint density at radius 3 is 2.50 bits per heavy atom. The lowest BCUT2D eigenvalue weighted by Gasteiger charge is -2.32. The fraction of sp³-hybridized carbons (Fsp3) is 0.389. The van der Waals surface area contributed by atoms with Crippen molar-refractivity contribution in [3.63, 3.8) is 0 Å². The maximum atomic E-state index is 12.7. The van der Waals surface area contributed by atoms with Gasteiger partial charge >= 0.3 is 5.69 Å². The number of nitrogens with zero attached hydrogens (tertiary/aromatic N) is 3. The number of H-pyrrole nitrogens is 1. The van der Waals surface area contributed by atoms with Crippen molar-refractivity contribution < 1.29 is 4.79 Å². The quantitative estimate of drug-likeness (QED) is 0.907. The van der Waals surface area contributed by atoms with Gasteiger partial charge in [-0.25, -0.2) is 4.79 Å². The Kier molecular flexibility index (Phi) is 4.49. The zero-order valence-corrected chi connectivity index (χ0v) is 14.3. The number of piperazine rings is 1. The molecule has 1 fully saturated rings. The predicted molar refractivity (Wildman–Crippen MR) is 93.2 cm³/mol. The number of amides is 1. The molecule has 1 aromatic heterocycles. The number of carbonyl (C=O) groups is 1. The standard InChI is InChI=1S/C18H22N4O2/c1-12-4-5-14(13(2)10-12)15-11-16(20-18(24)19-15)17(23)22-8-6-21(3)7-9-22/h4-5,10-11H,6-9H2,1-3H3,(H,19,20,24). The number of benzene rings is 1. The lowest BCUT2D eigenvalue weighted by atomic mass is 10.0. The van der Waals surface area contributed by atoms with Crippen LogP contribution in [0.25, 0.3) is 11.3 Å². The van der Waals surface area contributed by atoms with E-state index in [1.54, 1.807) is 11.0 Å². The summed E-state index contributed by atoms with van der Waals surface area (Å²) in [5.41, 5.74) is 3.40. The molecule has 0 bridgehead atoms. The highest BCUT2D eigenvalue weighted by molar-refractivity contribution is 5.93. The van der Waals surface area contributed by atoms with Gasteiger partial charge in [-0.3, -0.25) is 4.79 Å². The van der Waals surface area contributed by atoms with E-state index in [2.05, 4.69) is 14.9 Å². The van der Waals surface area contributed by atoms with Gasteiger partial charge in [-0.1, -0.05) is 23.8 Å². The van der Waals surface area contributed by atoms with Crippen LogP contribution in [0.15, 0.2) is 29.1 Å². The molecule has 1 aromatic carbocycles. The van der Waals surface area contributed by atoms with Crippen LogP contribution in [0.1, 0.15) is 21.6 Å². The molecule has 6 nitrogen and oxygen atoms in total. The number of aromatic nitrogens is 2. The summed E-state index contributed by atoms with van der Waals surface area (Å²) >= 11 is 0. The second-order valence-corrected chi connectivity index (χ2v) is 6.40. The van der Waals surface area contributed by atoms with Crippen LogP contribution < -0.4 is 5.69 Å². The molecule has 0 radical (unpaired) electrons. The van der Waals surface area contributed by atoms with Gasteiger partial charge in [0.15, 0.2) is 0 Å². The topological polar surface area (TPSA) is 69.3 Å². The highest BCUT2D eigenvalue weighted by Crippen LogP contribution is 2.22. The van der Waals surface area contributed by atoms with E-state index in [1.165, 1.54) is 0 Å². The first kappa shape index (κ1) is 16.4. The van der Waals surface area contributed by atoms with Crippen molar-refractivity contribution in [2.45, 2.75) is 13.8 Å². The molecular weight excluding hydrogens is 304 g/mol. The van der Waals surface area contributed by atoms with E-state index in [9.17, 15) is 9.59 Å². The van der Waals surface area contributed by atoms with Crippen molar-refractivity contribution in [2.75, 3.05) is 33.2 Å². The third kappa shape index (κ3) is 3.38. The fourth-order valence-corrected chi connectivity index (χ4v) is 2.99. The Balaban J connectivity index is 1.94. The minimum atomic E-state index is -0.495. The average Bonchev–Trinajstić information content (AvgIpc) is 2.54. The van der Waals surface area contributed by atoms with Gasteiger partial charge in [-0.05, 0) is 32.5 Å². The first-order valence-electron chi connectivity index (χ1n) is 8.11. The largest absolute Gasteiger partial charge is 0.346 e. The van der Waals surface area contributed by atoms with Gasteiger partial charge < -0.3 is 14.8 Å². The molecule has 6 heteroatoms. The van der Waals surface area contributed by atoms with Crippen molar-refractivity contribution in [3.8, 4) is 11.3 Å². The van der Waals surface area contributed by atoms with E-state index in [1.807, 2.05) is 39.1 Å². The third-order valence-corrected chi connectivity index (χ3v) is 4.42. The monoisotopic (exact) mass is 326 g/mol. The number of aromatic amines is 1. The second kappa shape index (κ2) is 6.57. The van der Waals surface area contributed by atoms with Crippen LogP contribution >= 0.6 is 0 Å². The van der Waals surface area contributed by atoms with Gasteiger partial charge in [0, 0.05) is 31.7 Å². The highest BCUT2D eigenvalue weighted by atomic mass is 16.2. The molecule has 0 spiro atoms. The SMILES string of the molecule is Cc1ccc(-c2cc(C(=O)N3CCN(C)CC3)[nH]c(=O)n2)c(C)c1. The minimum absolute atomic E-state index is 0.145.